The first-order valence-corrected chi connectivity index (χ1v) is 6.61. The minimum atomic E-state index is -0.715. The van der Waals surface area contributed by atoms with E-state index < -0.39 is 11.4 Å². The number of piperidine rings is 1. The fourth-order valence-corrected chi connectivity index (χ4v) is 2.62. The molecule has 0 saturated carbocycles. The molecule has 6 heteroatoms. The molecule has 6 nitrogen and oxygen atoms in total. The molecule has 1 aliphatic heterocycles. The largest absolute Gasteiger partial charge is 0.481 e. The van der Waals surface area contributed by atoms with E-state index in [4.69, 9.17) is 5.11 Å². The van der Waals surface area contributed by atoms with Crippen molar-refractivity contribution in [3.63, 3.8) is 0 Å². The Balaban J connectivity index is 1.96. The topological polar surface area (TPSA) is 78.6 Å². The van der Waals surface area contributed by atoms with Crippen LogP contribution in [0.2, 0.25) is 0 Å². The minimum absolute atomic E-state index is 0.0713. The van der Waals surface area contributed by atoms with Gasteiger partial charge in [0.2, 0.25) is 0 Å². The Morgan fingerprint density at radius 2 is 2.37 bits per heavy atom. The van der Waals surface area contributed by atoms with Crippen LogP contribution in [0, 0.1) is 5.41 Å². The molecule has 2 rings (SSSR count). The van der Waals surface area contributed by atoms with E-state index in [0.29, 0.717) is 19.6 Å². The summed E-state index contributed by atoms with van der Waals surface area (Å²) in [6.45, 7) is 4.60. The van der Waals surface area contributed by atoms with Crippen molar-refractivity contribution < 1.29 is 15.0 Å². The Morgan fingerprint density at radius 3 is 3.05 bits per heavy atom. The van der Waals surface area contributed by atoms with E-state index in [2.05, 4.69) is 10.00 Å². The highest BCUT2D eigenvalue weighted by molar-refractivity contribution is 5.74. The van der Waals surface area contributed by atoms with Crippen molar-refractivity contribution in [3.8, 4) is 0 Å². The Bertz CT molecular complexity index is 446. The third kappa shape index (κ3) is 3.33. The van der Waals surface area contributed by atoms with Crippen molar-refractivity contribution >= 4 is 5.97 Å². The van der Waals surface area contributed by atoms with Crippen LogP contribution in [0.4, 0.5) is 0 Å². The first-order chi connectivity index (χ1) is 9.03. The van der Waals surface area contributed by atoms with Gasteiger partial charge in [-0.25, -0.2) is 0 Å². The normalized spacial score (nSPS) is 24.5. The highest BCUT2D eigenvalue weighted by Gasteiger charge is 2.37. The molecule has 1 aromatic rings. The van der Waals surface area contributed by atoms with Crippen LogP contribution in [-0.4, -0.2) is 50.6 Å². The summed E-state index contributed by atoms with van der Waals surface area (Å²) in [4.78, 5) is 13.5. The number of carbonyl (C=O) groups is 1. The number of nitrogens with zero attached hydrogens (tertiary/aromatic N) is 3. The van der Waals surface area contributed by atoms with Crippen LogP contribution >= 0.6 is 0 Å². The number of aliphatic hydroxyl groups is 1. The summed E-state index contributed by atoms with van der Waals surface area (Å²) in [6, 6.07) is 0. The lowest BCUT2D eigenvalue weighted by atomic mass is 9.82. The summed E-state index contributed by atoms with van der Waals surface area (Å²) in [6.07, 6.45) is 5.33. The second-order valence-corrected chi connectivity index (χ2v) is 5.52. The number of carboxylic acids is 1. The zero-order valence-corrected chi connectivity index (χ0v) is 11.2. The molecule has 106 valence electrons. The van der Waals surface area contributed by atoms with Crippen LogP contribution in [0.25, 0.3) is 0 Å². The first kappa shape index (κ1) is 14.0. The SMILES string of the molecule is CC1(C(=O)O)CCCN(Cc2cnn(CCO)c2)C1. The van der Waals surface area contributed by atoms with Crippen molar-refractivity contribution in [2.24, 2.45) is 5.41 Å². The number of aliphatic carboxylic acids is 1. The van der Waals surface area contributed by atoms with Gasteiger partial charge in [-0.2, -0.15) is 5.10 Å². The minimum Gasteiger partial charge on any atom is -0.481 e. The zero-order valence-electron chi connectivity index (χ0n) is 11.2. The van der Waals surface area contributed by atoms with Crippen LogP contribution in [0.5, 0.6) is 0 Å². The zero-order chi connectivity index (χ0) is 13.9. The smallest absolute Gasteiger partial charge is 0.310 e. The monoisotopic (exact) mass is 267 g/mol. The van der Waals surface area contributed by atoms with Gasteiger partial charge >= 0.3 is 5.97 Å². The molecule has 2 heterocycles. The highest BCUT2D eigenvalue weighted by atomic mass is 16.4. The first-order valence-electron chi connectivity index (χ1n) is 6.61. The van der Waals surface area contributed by atoms with Gasteiger partial charge in [0.15, 0.2) is 0 Å². The van der Waals surface area contributed by atoms with Gasteiger partial charge in [0.1, 0.15) is 0 Å². The maximum Gasteiger partial charge on any atom is 0.310 e. The molecule has 1 atom stereocenters. The van der Waals surface area contributed by atoms with Gasteiger partial charge in [-0.1, -0.05) is 0 Å². The standard InChI is InChI=1S/C13H21N3O3/c1-13(12(18)19)3-2-4-15(10-13)8-11-7-14-16(9-11)5-6-17/h7,9,17H,2-6,8,10H2,1H3,(H,18,19). The van der Waals surface area contributed by atoms with Crippen LogP contribution in [0.3, 0.4) is 0 Å². The van der Waals surface area contributed by atoms with Crippen LogP contribution in [0.1, 0.15) is 25.3 Å². The lowest BCUT2D eigenvalue weighted by molar-refractivity contribution is -0.151. The van der Waals surface area contributed by atoms with Crippen LogP contribution < -0.4 is 0 Å². The van der Waals surface area contributed by atoms with Crippen molar-refractivity contribution in [1.82, 2.24) is 14.7 Å². The molecule has 1 saturated heterocycles. The van der Waals surface area contributed by atoms with E-state index >= 15 is 0 Å². The number of aromatic nitrogens is 2. The number of hydrogen-bond donors (Lipinski definition) is 2. The number of hydrogen-bond acceptors (Lipinski definition) is 4. The summed E-state index contributed by atoms with van der Waals surface area (Å²) in [5, 5.41) is 22.3. The van der Waals surface area contributed by atoms with E-state index in [1.54, 1.807) is 10.9 Å². The Morgan fingerprint density at radius 1 is 1.58 bits per heavy atom. The molecule has 0 amide bonds. The van der Waals surface area contributed by atoms with Gasteiger partial charge in [-0.3, -0.25) is 14.4 Å². The van der Waals surface area contributed by atoms with Gasteiger partial charge < -0.3 is 10.2 Å². The van der Waals surface area contributed by atoms with Crippen molar-refractivity contribution in [2.75, 3.05) is 19.7 Å². The van der Waals surface area contributed by atoms with Gasteiger partial charge in [0.05, 0.1) is 24.8 Å². The predicted molar refractivity (Wildman–Crippen MR) is 69.6 cm³/mol. The molecule has 1 fully saturated rings. The number of aliphatic hydroxyl groups excluding tert-OH is 1. The van der Waals surface area contributed by atoms with E-state index in [1.165, 1.54) is 0 Å². The number of rotatable bonds is 5. The maximum absolute atomic E-state index is 11.3. The molecule has 1 unspecified atom stereocenters. The molecular formula is C13H21N3O3. The molecule has 1 aliphatic rings. The summed E-state index contributed by atoms with van der Waals surface area (Å²) >= 11 is 0. The third-order valence-electron chi connectivity index (χ3n) is 3.71. The van der Waals surface area contributed by atoms with Gasteiger partial charge in [-0.15, -0.1) is 0 Å². The van der Waals surface area contributed by atoms with E-state index in [1.807, 2.05) is 13.1 Å². The maximum atomic E-state index is 11.3. The molecule has 0 bridgehead atoms. The second-order valence-electron chi connectivity index (χ2n) is 5.52. The molecule has 0 radical (unpaired) electrons. The summed E-state index contributed by atoms with van der Waals surface area (Å²) in [5.74, 6) is -0.715. The third-order valence-corrected chi connectivity index (χ3v) is 3.71. The highest BCUT2D eigenvalue weighted by Crippen LogP contribution is 2.30. The molecule has 19 heavy (non-hydrogen) atoms. The molecule has 1 aromatic heterocycles. The van der Waals surface area contributed by atoms with Crippen molar-refractivity contribution in [3.05, 3.63) is 18.0 Å². The Kier molecular flexibility index (Phi) is 4.21. The molecule has 0 spiro atoms. The van der Waals surface area contributed by atoms with Gasteiger partial charge in [-0.05, 0) is 26.3 Å². The molecular weight excluding hydrogens is 246 g/mol. The molecule has 0 aromatic carbocycles. The lowest BCUT2D eigenvalue weighted by Gasteiger charge is -2.37. The second kappa shape index (κ2) is 5.71. The average molecular weight is 267 g/mol. The number of likely N-dealkylation sites (tertiary alicyclic amines) is 1. The fraction of sp³-hybridized carbons (Fsp3) is 0.692. The number of carboxylic acid groups (broad SMARTS) is 1. The molecule has 2 N–H and O–H groups in total. The lowest BCUT2D eigenvalue weighted by Crippen LogP contribution is -2.45. The quantitative estimate of drug-likeness (QED) is 0.815. The van der Waals surface area contributed by atoms with Gasteiger partial charge in [0, 0.05) is 24.8 Å². The Labute approximate surface area is 112 Å². The van der Waals surface area contributed by atoms with Crippen LogP contribution in [-0.2, 0) is 17.9 Å². The van der Waals surface area contributed by atoms with Gasteiger partial charge in [0.25, 0.3) is 0 Å². The average Bonchev–Trinajstić information content (AvgIpc) is 2.77. The van der Waals surface area contributed by atoms with Crippen LogP contribution in [0.15, 0.2) is 12.4 Å². The van der Waals surface area contributed by atoms with E-state index in [9.17, 15) is 9.90 Å². The summed E-state index contributed by atoms with van der Waals surface area (Å²) < 4.78 is 1.70. The van der Waals surface area contributed by atoms with E-state index in [0.717, 1.165) is 24.9 Å². The fourth-order valence-electron chi connectivity index (χ4n) is 2.62. The summed E-state index contributed by atoms with van der Waals surface area (Å²) in [5.41, 5.74) is 0.419. The predicted octanol–water partition coefficient (Wildman–Crippen LogP) is 0.562. The van der Waals surface area contributed by atoms with E-state index in [-0.39, 0.29) is 6.61 Å². The molecule has 0 aliphatic carbocycles. The summed E-state index contributed by atoms with van der Waals surface area (Å²) in [7, 11) is 0. The Hall–Kier alpha value is -1.40. The van der Waals surface area contributed by atoms with Crippen molar-refractivity contribution in [1.29, 1.82) is 0 Å². The van der Waals surface area contributed by atoms with Crippen molar-refractivity contribution in [2.45, 2.75) is 32.9 Å².